The highest BCUT2D eigenvalue weighted by Gasteiger charge is 2.28. The van der Waals surface area contributed by atoms with E-state index in [0.717, 1.165) is 38.2 Å². The summed E-state index contributed by atoms with van der Waals surface area (Å²) in [4.78, 5) is 17.6. The largest absolute Gasteiger partial charge is 0.466 e. The fourth-order valence-electron chi connectivity index (χ4n) is 3.18. The van der Waals surface area contributed by atoms with Crippen LogP contribution in [-0.4, -0.2) is 38.2 Å². The molecule has 1 aliphatic rings. The van der Waals surface area contributed by atoms with E-state index in [1.807, 2.05) is 6.92 Å². The molecule has 0 saturated heterocycles. The lowest BCUT2D eigenvalue weighted by Gasteiger charge is -2.30. The lowest BCUT2D eigenvalue weighted by Crippen LogP contribution is -2.48. The molecule has 0 spiro atoms. The van der Waals surface area contributed by atoms with Crippen molar-refractivity contribution in [1.82, 2.24) is 10.6 Å². The molecule has 1 fully saturated rings. The predicted octanol–water partition coefficient (Wildman–Crippen LogP) is 3.93. The van der Waals surface area contributed by atoms with Crippen LogP contribution < -0.4 is 10.6 Å². The molecule has 5 nitrogen and oxygen atoms in total. The van der Waals surface area contributed by atoms with Gasteiger partial charge in [0.05, 0.1) is 12.5 Å². The average Bonchev–Trinajstić information content (AvgIpc) is 3.15. The Morgan fingerprint density at radius 3 is 2.58 bits per heavy atom. The van der Waals surface area contributed by atoms with Gasteiger partial charge in [-0.15, -0.1) is 35.3 Å². The van der Waals surface area contributed by atoms with E-state index in [0.29, 0.717) is 12.6 Å². The molecule has 0 unspecified atom stereocenters. The van der Waals surface area contributed by atoms with Crippen LogP contribution in [0.25, 0.3) is 0 Å². The molecule has 1 aromatic heterocycles. The van der Waals surface area contributed by atoms with Gasteiger partial charge in [0.1, 0.15) is 0 Å². The number of hydrogen-bond donors (Lipinski definition) is 2. The number of nitrogens with one attached hydrogen (secondary N) is 2. The highest BCUT2D eigenvalue weighted by Crippen LogP contribution is 2.27. The van der Waals surface area contributed by atoms with Crippen LogP contribution in [0.15, 0.2) is 22.5 Å². The number of rotatable bonds is 6. The Bertz CT molecular complexity index is 567. The summed E-state index contributed by atoms with van der Waals surface area (Å²) < 4.78 is 5.14. The maximum atomic E-state index is 11.8. The number of hydrogen-bond acceptors (Lipinski definition) is 4. The summed E-state index contributed by atoms with van der Waals surface area (Å²) in [6.45, 7) is 7.63. The van der Waals surface area contributed by atoms with Crippen LogP contribution >= 0.6 is 35.3 Å². The quantitative estimate of drug-likeness (QED) is 0.273. The Morgan fingerprint density at radius 1 is 1.35 bits per heavy atom. The van der Waals surface area contributed by atoms with Crippen molar-refractivity contribution in [1.29, 1.82) is 0 Å². The van der Waals surface area contributed by atoms with Gasteiger partial charge in [0.2, 0.25) is 0 Å². The van der Waals surface area contributed by atoms with E-state index in [-0.39, 0.29) is 41.3 Å². The fourth-order valence-corrected chi connectivity index (χ4v) is 4.03. The number of carbonyl (C=O) groups is 1. The minimum absolute atomic E-state index is 0. The molecular formula is C19H32IN3O2S. The molecule has 0 amide bonds. The predicted molar refractivity (Wildman–Crippen MR) is 120 cm³/mol. The summed E-state index contributed by atoms with van der Waals surface area (Å²) in [6, 6.07) is 4.64. The number of nitrogens with zero attached hydrogens (tertiary/aromatic N) is 1. The standard InChI is InChI=1S/C19H31N3O2S.HI/c1-5-24-17(23)14-8-10-15(11-9-14)22-18(20-4)21-13-19(2,3)16-7-6-12-25-16;/h6-7,12,14-15H,5,8-11,13H2,1-4H3,(H2,20,21,22);1H. The monoisotopic (exact) mass is 493 g/mol. The third-order valence-electron chi connectivity index (χ3n) is 4.80. The first kappa shape index (κ1) is 23.2. The molecule has 0 bridgehead atoms. The molecule has 0 radical (unpaired) electrons. The number of ether oxygens (including phenoxy) is 1. The molecule has 1 saturated carbocycles. The molecule has 148 valence electrons. The molecule has 0 aromatic carbocycles. The van der Waals surface area contributed by atoms with Crippen LogP contribution in [0.2, 0.25) is 0 Å². The van der Waals surface area contributed by atoms with E-state index in [4.69, 9.17) is 4.74 Å². The molecule has 1 heterocycles. The van der Waals surface area contributed by atoms with E-state index in [1.54, 1.807) is 18.4 Å². The van der Waals surface area contributed by atoms with Crippen molar-refractivity contribution in [2.24, 2.45) is 10.9 Å². The first-order chi connectivity index (χ1) is 12.0. The zero-order valence-electron chi connectivity index (χ0n) is 16.2. The van der Waals surface area contributed by atoms with Gasteiger partial charge in [-0.3, -0.25) is 9.79 Å². The second-order valence-electron chi connectivity index (χ2n) is 7.23. The third-order valence-corrected chi connectivity index (χ3v) is 6.03. The molecule has 1 aliphatic carbocycles. The number of halogens is 1. The topological polar surface area (TPSA) is 62.7 Å². The summed E-state index contributed by atoms with van der Waals surface area (Å²) in [5, 5.41) is 9.08. The molecule has 0 atom stereocenters. The molecule has 0 aliphatic heterocycles. The van der Waals surface area contributed by atoms with Crippen molar-refractivity contribution >= 4 is 47.2 Å². The first-order valence-electron chi connectivity index (χ1n) is 9.14. The third kappa shape index (κ3) is 6.72. The second kappa shape index (κ2) is 11.1. The highest BCUT2D eigenvalue weighted by molar-refractivity contribution is 14.0. The number of thiophene rings is 1. The number of guanidine groups is 1. The van der Waals surface area contributed by atoms with Crippen molar-refractivity contribution in [3.63, 3.8) is 0 Å². The summed E-state index contributed by atoms with van der Waals surface area (Å²) >= 11 is 1.79. The van der Waals surface area contributed by atoms with Crippen molar-refractivity contribution in [2.75, 3.05) is 20.2 Å². The van der Waals surface area contributed by atoms with Crippen LogP contribution in [0.4, 0.5) is 0 Å². The molecule has 7 heteroatoms. The number of carbonyl (C=O) groups excluding carboxylic acids is 1. The van der Waals surface area contributed by atoms with Crippen molar-refractivity contribution < 1.29 is 9.53 Å². The zero-order valence-corrected chi connectivity index (χ0v) is 19.4. The minimum atomic E-state index is -0.0406. The van der Waals surface area contributed by atoms with Crippen molar-refractivity contribution in [3.8, 4) is 0 Å². The van der Waals surface area contributed by atoms with Gasteiger partial charge in [-0.05, 0) is 44.1 Å². The first-order valence-corrected chi connectivity index (χ1v) is 10.0. The van der Waals surface area contributed by atoms with Gasteiger partial charge in [-0.25, -0.2) is 0 Å². The van der Waals surface area contributed by atoms with Gasteiger partial charge in [0.25, 0.3) is 0 Å². The molecule has 2 N–H and O–H groups in total. The molecule has 2 rings (SSSR count). The van der Waals surface area contributed by atoms with Crippen molar-refractivity contribution in [3.05, 3.63) is 22.4 Å². The van der Waals surface area contributed by atoms with Gasteiger partial charge in [-0.1, -0.05) is 19.9 Å². The van der Waals surface area contributed by atoms with Crippen LogP contribution in [0.1, 0.15) is 51.3 Å². The second-order valence-corrected chi connectivity index (χ2v) is 8.18. The van der Waals surface area contributed by atoms with Gasteiger partial charge in [-0.2, -0.15) is 0 Å². The van der Waals surface area contributed by atoms with Crippen LogP contribution in [-0.2, 0) is 14.9 Å². The Hall–Kier alpha value is -0.830. The fraction of sp³-hybridized carbons (Fsp3) is 0.684. The summed E-state index contributed by atoms with van der Waals surface area (Å²) in [6.07, 6.45) is 3.71. The average molecular weight is 493 g/mol. The van der Waals surface area contributed by atoms with Crippen molar-refractivity contribution in [2.45, 2.75) is 57.9 Å². The lowest BCUT2D eigenvalue weighted by molar-refractivity contribution is -0.149. The Kier molecular flexibility index (Phi) is 9.92. The van der Waals surface area contributed by atoms with E-state index >= 15 is 0 Å². The van der Waals surface area contributed by atoms with Crippen LogP contribution in [0.3, 0.4) is 0 Å². The maximum Gasteiger partial charge on any atom is 0.308 e. The molecular weight excluding hydrogens is 461 g/mol. The zero-order chi connectivity index (χ0) is 18.3. The Balaban J connectivity index is 0.00000338. The van der Waals surface area contributed by atoms with Gasteiger partial charge < -0.3 is 15.4 Å². The van der Waals surface area contributed by atoms with Gasteiger partial charge in [0, 0.05) is 29.9 Å². The Morgan fingerprint density at radius 2 is 2.04 bits per heavy atom. The number of aliphatic imine (C=N–C) groups is 1. The SMILES string of the molecule is CCOC(=O)C1CCC(NC(=NC)NCC(C)(C)c2cccs2)CC1.I. The normalized spacial score (nSPS) is 20.8. The smallest absolute Gasteiger partial charge is 0.308 e. The summed E-state index contributed by atoms with van der Waals surface area (Å²) in [5.41, 5.74) is 0.0629. The highest BCUT2D eigenvalue weighted by atomic mass is 127. The van der Waals surface area contributed by atoms with E-state index in [2.05, 4.69) is 47.0 Å². The number of esters is 1. The minimum Gasteiger partial charge on any atom is -0.466 e. The van der Waals surface area contributed by atoms with Gasteiger partial charge >= 0.3 is 5.97 Å². The van der Waals surface area contributed by atoms with E-state index in [9.17, 15) is 4.79 Å². The van der Waals surface area contributed by atoms with Crippen LogP contribution in [0, 0.1) is 5.92 Å². The Labute approximate surface area is 178 Å². The van der Waals surface area contributed by atoms with E-state index < -0.39 is 0 Å². The molecule has 1 aromatic rings. The summed E-state index contributed by atoms with van der Waals surface area (Å²) in [7, 11) is 1.80. The lowest BCUT2D eigenvalue weighted by atomic mass is 9.86. The van der Waals surface area contributed by atoms with E-state index in [1.165, 1.54) is 4.88 Å². The molecule has 26 heavy (non-hydrogen) atoms. The maximum absolute atomic E-state index is 11.8. The van der Waals surface area contributed by atoms with Gasteiger partial charge in [0.15, 0.2) is 5.96 Å². The summed E-state index contributed by atoms with van der Waals surface area (Å²) in [5.74, 6) is 0.858. The van der Waals surface area contributed by atoms with Crippen LogP contribution in [0.5, 0.6) is 0 Å².